The number of halogens is 4. The SMILES string of the molecule is CC=C(CCl)Oc1cc(-n2nc3c(c2Cl)CCCC3)c(F)cc1Cl. The van der Waals surface area contributed by atoms with Gasteiger partial charge in [-0.05, 0) is 44.7 Å². The van der Waals surface area contributed by atoms with Crippen LogP contribution in [-0.2, 0) is 12.8 Å². The lowest BCUT2D eigenvalue weighted by atomic mass is 9.99. The average Bonchev–Trinajstić information content (AvgIpc) is 2.91. The maximum Gasteiger partial charge on any atom is 0.150 e. The van der Waals surface area contributed by atoms with Gasteiger partial charge in [0.2, 0.25) is 0 Å². The highest BCUT2D eigenvalue weighted by atomic mass is 35.5. The zero-order chi connectivity index (χ0) is 17.3. The molecule has 1 aliphatic carbocycles. The second-order valence-corrected chi connectivity index (χ2v) is 6.59. The molecule has 3 rings (SSSR count). The molecule has 0 amide bonds. The van der Waals surface area contributed by atoms with Crippen LogP contribution in [0.25, 0.3) is 5.69 Å². The number of hydrogen-bond acceptors (Lipinski definition) is 2. The highest BCUT2D eigenvalue weighted by molar-refractivity contribution is 6.32. The fourth-order valence-electron chi connectivity index (χ4n) is 2.74. The Morgan fingerprint density at radius 1 is 1.33 bits per heavy atom. The third-order valence-electron chi connectivity index (χ3n) is 4.02. The van der Waals surface area contributed by atoms with Gasteiger partial charge in [0.05, 0.1) is 16.6 Å². The van der Waals surface area contributed by atoms with Crippen LogP contribution < -0.4 is 4.74 Å². The first-order chi connectivity index (χ1) is 11.5. The van der Waals surface area contributed by atoms with E-state index in [1.54, 1.807) is 13.0 Å². The summed E-state index contributed by atoms with van der Waals surface area (Å²) in [6.07, 6.45) is 5.58. The normalized spacial score (nSPS) is 14.6. The highest BCUT2D eigenvalue weighted by Crippen LogP contribution is 2.35. The Bertz CT molecular complexity index is 802. The monoisotopic (exact) mass is 388 g/mol. The van der Waals surface area contributed by atoms with E-state index in [1.807, 2.05) is 0 Å². The number of alkyl halides is 1. The van der Waals surface area contributed by atoms with Gasteiger partial charge in [0.1, 0.15) is 22.3 Å². The number of aryl methyl sites for hydroxylation is 1. The van der Waals surface area contributed by atoms with Crippen molar-refractivity contribution in [3.05, 3.63) is 51.2 Å². The molecule has 7 heteroatoms. The number of nitrogens with zero attached hydrogens (tertiary/aromatic N) is 2. The van der Waals surface area contributed by atoms with Crippen LogP contribution in [0, 0.1) is 5.82 Å². The second kappa shape index (κ2) is 7.34. The zero-order valence-corrected chi connectivity index (χ0v) is 15.3. The molecule has 0 atom stereocenters. The predicted molar refractivity (Wildman–Crippen MR) is 95.3 cm³/mol. The van der Waals surface area contributed by atoms with E-state index in [4.69, 9.17) is 39.5 Å². The number of aromatic nitrogens is 2. The molecule has 0 unspecified atom stereocenters. The fourth-order valence-corrected chi connectivity index (χ4v) is 3.47. The van der Waals surface area contributed by atoms with Gasteiger partial charge in [-0.2, -0.15) is 5.10 Å². The standard InChI is InChI=1S/C17H16Cl3FN2O/c1-2-10(9-18)24-16-8-15(13(21)7-12(16)19)23-17(20)11-5-3-4-6-14(11)22-23/h2,7-8H,3-6,9H2,1H3. The molecule has 0 bridgehead atoms. The van der Waals surface area contributed by atoms with Gasteiger partial charge in [0.25, 0.3) is 0 Å². The van der Waals surface area contributed by atoms with E-state index in [-0.39, 0.29) is 16.6 Å². The van der Waals surface area contributed by atoms with E-state index < -0.39 is 5.82 Å². The lowest BCUT2D eigenvalue weighted by molar-refractivity contribution is 0.427. The van der Waals surface area contributed by atoms with E-state index in [9.17, 15) is 4.39 Å². The lowest BCUT2D eigenvalue weighted by Gasteiger charge is -2.12. The Labute approximate surface area is 155 Å². The van der Waals surface area contributed by atoms with Crippen molar-refractivity contribution in [2.45, 2.75) is 32.6 Å². The van der Waals surface area contributed by atoms with E-state index in [0.29, 0.717) is 16.7 Å². The summed E-state index contributed by atoms with van der Waals surface area (Å²) in [6, 6.07) is 2.70. The zero-order valence-electron chi connectivity index (χ0n) is 13.1. The van der Waals surface area contributed by atoms with Crippen molar-refractivity contribution in [3.63, 3.8) is 0 Å². The molecule has 1 aliphatic rings. The maximum atomic E-state index is 14.5. The first-order valence-electron chi connectivity index (χ1n) is 7.69. The summed E-state index contributed by atoms with van der Waals surface area (Å²) < 4.78 is 21.5. The molecule has 0 N–H and O–H groups in total. The maximum absolute atomic E-state index is 14.5. The highest BCUT2D eigenvalue weighted by Gasteiger charge is 2.22. The van der Waals surface area contributed by atoms with Gasteiger partial charge >= 0.3 is 0 Å². The van der Waals surface area contributed by atoms with Gasteiger partial charge < -0.3 is 4.74 Å². The van der Waals surface area contributed by atoms with Crippen LogP contribution in [0.2, 0.25) is 10.2 Å². The van der Waals surface area contributed by atoms with Crippen molar-refractivity contribution in [2.24, 2.45) is 0 Å². The molecule has 128 valence electrons. The molecule has 0 radical (unpaired) electrons. The molecule has 1 aromatic carbocycles. The summed E-state index contributed by atoms with van der Waals surface area (Å²) in [5.74, 6) is 0.520. The predicted octanol–water partition coefficient (Wildman–Crippen LogP) is 5.72. The van der Waals surface area contributed by atoms with Gasteiger partial charge in [0.15, 0.2) is 5.82 Å². The van der Waals surface area contributed by atoms with Crippen molar-refractivity contribution in [3.8, 4) is 11.4 Å². The summed E-state index contributed by atoms with van der Waals surface area (Å²) in [5, 5.41) is 5.08. The largest absolute Gasteiger partial charge is 0.459 e. The molecule has 0 aliphatic heterocycles. The molecule has 2 aromatic rings. The quantitative estimate of drug-likeness (QED) is 0.494. The fraction of sp³-hybridized carbons (Fsp3) is 0.353. The number of rotatable bonds is 4. The van der Waals surface area contributed by atoms with Crippen molar-refractivity contribution >= 4 is 34.8 Å². The second-order valence-electron chi connectivity index (χ2n) is 5.56. The first kappa shape index (κ1) is 17.6. The third kappa shape index (κ3) is 3.28. The van der Waals surface area contributed by atoms with E-state index in [1.165, 1.54) is 16.8 Å². The van der Waals surface area contributed by atoms with Crippen LogP contribution in [0.4, 0.5) is 4.39 Å². The topological polar surface area (TPSA) is 27.1 Å². The molecular formula is C17H16Cl3FN2O. The Morgan fingerprint density at radius 2 is 2.08 bits per heavy atom. The van der Waals surface area contributed by atoms with E-state index in [0.717, 1.165) is 36.9 Å². The van der Waals surface area contributed by atoms with E-state index >= 15 is 0 Å². The number of hydrogen-bond donors (Lipinski definition) is 0. The van der Waals surface area contributed by atoms with E-state index in [2.05, 4.69) is 5.10 Å². The van der Waals surface area contributed by atoms with Gasteiger partial charge in [0, 0.05) is 11.6 Å². The third-order valence-corrected chi connectivity index (χ3v) is 4.97. The minimum absolute atomic E-state index is 0.161. The van der Waals surface area contributed by atoms with Gasteiger partial charge in [-0.25, -0.2) is 9.07 Å². The minimum atomic E-state index is -0.512. The Morgan fingerprint density at radius 3 is 2.75 bits per heavy atom. The van der Waals surface area contributed by atoms with Crippen molar-refractivity contribution in [1.82, 2.24) is 9.78 Å². The number of benzene rings is 1. The Kier molecular flexibility index (Phi) is 5.38. The van der Waals surface area contributed by atoms with Crippen LogP contribution in [0.3, 0.4) is 0 Å². The Balaban J connectivity index is 2.07. The molecule has 0 fully saturated rings. The van der Waals surface area contributed by atoms with Gasteiger partial charge in [-0.15, -0.1) is 11.6 Å². The van der Waals surface area contributed by atoms with Gasteiger partial charge in [-0.3, -0.25) is 0 Å². The first-order valence-corrected chi connectivity index (χ1v) is 8.99. The van der Waals surface area contributed by atoms with Crippen molar-refractivity contribution in [1.29, 1.82) is 0 Å². The molecule has 24 heavy (non-hydrogen) atoms. The summed E-state index contributed by atoms with van der Waals surface area (Å²) in [4.78, 5) is 0. The van der Waals surface area contributed by atoms with Crippen LogP contribution in [0.1, 0.15) is 31.0 Å². The van der Waals surface area contributed by atoms with Crippen LogP contribution >= 0.6 is 34.8 Å². The number of ether oxygens (including phenoxy) is 1. The molecule has 1 heterocycles. The number of fused-ring (bicyclic) bond motifs is 1. The van der Waals surface area contributed by atoms with Crippen LogP contribution in [-0.4, -0.2) is 15.7 Å². The molecule has 0 spiro atoms. The lowest BCUT2D eigenvalue weighted by Crippen LogP contribution is -2.04. The average molecular weight is 390 g/mol. The van der Waals surface area contributed by atoms with Crippen molar-refractivity contribution < 1.29 is 9.13 Å². The molecule has 0 saturated carbocycles. The minimum Gasteiger partial charge on any atom is -0.459 e. The van der Waals surface area contributed by atoms with Gasteiger partial charge in [-0.1, -0.05) is 23.2 Å². The van der Waals surface area contributed by atoms with Crippen LogP contribution in [0.5, 0.6) is 5.75 Å². The van der Waals surface area contributed by atoms with Crippen molar-refractivity contribution in [2.75, 3.05) is 5.88 Å². The Hall–Kier alpha value is -1.23. The summed E-state index contributed by atoms with van der Waals surface area (Å²) in [7, 11) is 0. The molecule has 0 saturated heterocycles. The molecule has 1 aromatic heterocycles. The summed E-state index contributed by atoms with van der Waals surface area (Å²) in [5.41, 5.74) is 2.13. The molecular weight excluding hydrogens is 374 g/mol. The number of allylic oxidation sites excluding steroid dienone is 2. The summed E-state index contributed by atoms with van der Waals surface area (Å²) in [6.45, 7) is 1.80. The smallest absolute Gasteiger partial charge is 0.150 e. The summed E-state index contributed by atoms with van der Waals surface area (Å²) >= 11 is 18.3. The van der Waals surface area contributed by atoms with Crippen LogP contribution in [0.15, 0.2) is 24.0 Å². The molecule has 3 nitrogen and oxygen atoms in total.